The second kappa shape index (κ2) is 10.5. The van der Waals surface area contributed by atoms with E-state index in [0.29, 0.717) is 37.5 Å². The Labute approximate surface area is 202 Å². The molecular formula is C25H24Cl2FN3O2. The van der Waals surface area contributed by atoms with Crippen LogP contribution in [0.5, 0.6) is 5.75 Å². The van der Waals surface area contributed by atoms with Crippen LogP contribution in [0.3, 0.4) is 0 Å². The van der Waals surface area contributed by atoms with Gasteiger partial charge in [-0.25, -0.2) is 9.37 Å². The summed E-state index contributed by atoms with van der Waals surface area (Å²) in [6.07, 6.45) is 0.615. The van der Waals surface area contributed by atoms with Crippen molar-refractivity contribution >= 4 is 34.9 Å². The molecule has 0 bridgehead atoms. The van der Waals surface area contributed by atoms with Gasteiger partial charge >= 0.3 is 0 Å². The number of hydrogen-bond acceptors (Lipinski definition) is 4. The molecule has 2 heterocycles. The molecule has 2 atom stereocenters. The molecule has 0 aliphatic carbocycles. The first-order valence-corrected chi connectivity index (χ1v) is 11.5. The lowest BCUT2D eigenvalue weighted by Crippen LogP contribution is -2.42. The molecule has 1 aromatic heterocycles. The third-order valence-corrected chi connectivity index (χ3v) is 6.22. The van der Waals surface area contributed by atoms with Crippen molar-refractivity contribution < 1.29 is 13.9 Å². The second-order valence-corrected chi connectivity index (χ2v) is 8.66. The number of hydrogen-bond donors (Lipinski definition) is 1. The van der Waals surface area contributed by atoms with Gasteiger partial charge in [0, 0.05) is 12.5 Å². The molecule has 0 saturated carbocycles. The second-order valence-electron chi connectivity index (χ2n) is 7.87. The van der Waals surface area contributed by atoms with E-state index < -0.39 is 11.9 Å². The molecule has 1 aliphatic rings. The van der Waals surface area contributed by atoms with E-state index in [1.54, 1.807) is 30.3 Å². The maximum absolute atomic E-state index is 14.9. The van der Waals surface area contributed by atoms with Crippen LogP contribution in [-0.2, 0) is 11.3 Å². The number of aromatic nitrogens is 1. The van der Waals surface area contributed by atoms with Crippen LogP contribution < -0.4 is 10.1 Å². The highest BCUT2D eigenvalue weighted by Gasteiger charge is 2.41. The van der Waals surface area contributed by atoms with E-state index in [1.165, 1.54) is 6.07 Å². The Balaban J connectivity index is 1.64. The zero-order valence-corrected chi connectivity index (χ0v) is 19.6. The van der Waals surface area contributed by atoms with Gasteiger partial charge in [0.1, 0.15) is 22.5 Å². The Morgan fingerprint density at radius 3 is 2.76 bits per heavy atom. The predicted octanol–water partition coefficient (Wildman–Crippen LogP) is 5.92. The van der Waals surface area contributed by atoms with E-state index in [4.69, 9.17) is 27.9 Å². The highest BCUT2D eigenvalue weighted by atomic mass is 35.5. The smallest absolute Gasteiger partial charge is 0.243 e. The number of carbonyl (C=O) groups is 1. The zero-order valence-electron chi connectivity index (χ0n) is 18.1. The first-order valence-electron chi connectivity index (χ1n) is 10.8. The number of nitrogens with one attached hydrogen (secondary N) is 1. The largest absolute Gasteiger partial charge is 0.494 e. The van der Waals surface area contributed by atoms with Crippen molar-refractivity contribution in [1.29, 1.82) is 0 Å². The van der Waals surface area contributed by atoms with E-state index in [-0.39, 0.29) is 22.0 Å². The summed E-state index contributed by atoms with van der Waals surface area (Å²) < 4.78 is 20.5. The number of halogens is 3. The van der Waals surface area contributed by atoms with Gasteiger partial charge in [-0.3, -0.25) is 9.69 Å². The number of amides is 1. The Kier molecular flexibility index (Phi) is 7.48. The van der Waals surface area contributed by atoms with E-state index in [1.807, 2.05) is 31.2 Å². The normalized spacial score (nSPS) is 18.3. The standard InChI is InChI=1S/C25H24Cl2FN3O2/c1-2-33-17-7-3-6-16(14-17)15-31-13-12-19(18-8-4-9-20(26)23(18)28)24(31)25(32)30-22-11-5-10-21(27)29-22/h3-11,14,19,24H,2,12-13,15H2,1H3,(H,29,30,32)/t19-,24?/m1/s1. The number of anilines is 1. The molecule has 172 valence electrons. The molecule has 8 heteroatoms. The maximum atomic E-state index is 14.9. The lowest BCUT2D eigenvalue weighted by atomic mass is 9.90. The summed E-state index contributed by atoms with van der Waals surface area (Å²) in [6.45, 7) is 3.64. The summed E-state index contributed by atoms with van der Waals surface area (Å²) in [5, 5.41) is 3.18. The fourth-order valence-corrected chi connectivity index (χ4v) is 4.67. The van der Waals surface area contributed by atoms with Crippen LogP contribution in [0.25, 0.3) is 0 Å². The van der Waals surface area contributed by atoms with Gasteiger partial charge < -0.3 is 10.1 Å². The molecule has 1 saturated heterocycles. The van der Waals surface area contributed by atoms with Crippen molar-refractivity contribution in [2.45, 2.75) is 31.8 Å². The van der Waals surface area contributed by atoms with Gasteiger partial charge in [-0.05, 0) is 61.3 Å². The SMILES string of the molecule is CCOc1cccc(CN2CC[C@H](c3cccc(Cl)c3F)C2C(=O)Nc2cccc(Cl)n2)c1. The van der Waals surface area contributed by atoms with Gasteiger partial charge in [0.2, 0.25) is 5.91 Å². The Hall–Kier alpha value is -2.67. The quantitative estimate of drug-likeness (QED) is 0.420. The minimum Gasteiger partial charge on any atom is -0.494 e. The van der Waals surface area contributed by atoms with E-state index >= 15 is 0 Å². The van der Waals surface area contributed by atoms with Crippen LogP contribution in [0.4, 0.5) is 10.2 Å². The summed E-state index contributed by atoms with van der Waals surface area (Å²) in [5.74, 6) is 0.00683. The van der Waals surface area contributed by atoms with Gasteiger partial charge in [0.05, 0.1) is 17.7 Å². The van der Waals surface area contributed by atoms with Crippen LogP contribution in [0, 0.1) is 5.82 Å². The molecule has 1 amide bonds. The predicted molar refractivity (Wildman–Crippen MR) is 128 cm³/mol. The number of pyridine rings is 1. The summed E-state index contributed by atoms with van der Waals surface area (Å²) in [4.78, 5) is 19.7. The minimum absolute atomic E-state index is 0.0473. The fourth-order valence-electron chi connectivity index (χ4n) is 4.33. The number of rotatable bonds is 7. The summed E-state index contributed by atoms with van der Waals surface area (Å²) in [7, 11) is 0. The molecule has 5 nitrogen and oxygen atoms in total. The third-order valence-electron chi connectivity index (χ3n) is 5.71. The average molecular weight is 488 g/mol. The minimum atomic E-state index is -0.616. The first kappa shape index (κ1) is 23.5. The molecule has 1 fully saturated rings. The monoisotopic (exact) mass is 487 g/mol. The highest BCUT2D eigenvalue weighted by molar-refractivity contribution is 6.30. The summed E-state index contributed by atoms with van der Waals surface area (Å²) in [6, 6.07) is 17.1. The lowest BCUT2D eigenvalue weighted by molar-refractivity contribution is -0.121. The maximum Gasteiger partial charge on any atom is 0.243 e. The number of ether oxygens (including phenoxy) is 1. The molecule has 1 aliphatic heterocycles. The molecule has 1 N–H and O–H groups in total. The van der Waals surface area contributed by atoms with Gasteiger partial charge in [0.25, 0.3) is 0 Å². The van der Waals surface area contributed by atoms with Crippen LogP contribution in [0.1, 0.15) is 30.4 Å². The van der Waals surface area contributed by atoms with Gasteiger partial charge in [0.15, 0.2) is 0 Å². The highest BCUT2D eigenvalue weighted by Crippen LogP contribution is 2.38. The van der Waals surface area contributed by atoms with Gasteiger partial charge in [-0.2, -0.15) is 0 Å². The van der Waals surface area contributed by atoms with Crippen molar-refractivity contribution in [2.75, 3.05) is 18.5 Å². The van der Waals surface area contributed by atoms with Crippen LogP contribution in [-0.4, -0.2) is 35.0 Å². The van der Waals surface area contributed by atoms with Crippen molar-refractivity contribution in [3.8, 4) is 5.75 Å². The lowest BCUT2D eigenvalue weighted by Gasteiger charge is -2.28. The van der Waals surface area contributed by atoms with E-state index in [0.717, 1.165) is 11.3 Å². The fraction of sp³-hybridized carbons (Fsp3) is 0.280. The van der Waals surface area contributed by atoms with Crippen LogP contribution in [0.2, 0.25) is 10.2 Å². The molecule has 0 spiro atoms. The van der Waals surface area contributed by atoms with Crippen LogP contribution >= 0.6 is 23.2 Å². The van der Waals surface area contributed by atoms with Crippen molar-refractivity contribution in [2.24, 2.45) is 0 Å². The number of likely N-dealkylation sites (tertiary alicyclic amines) is 1. The molecule has 2 aromatic carbocycles. The molecule has 0 radical (unpaired) electrons. The Bertz CT molecular complexity index is 1140. The van der Waals surface area contributed by atoms with Crippen LogP contribution in [0.15, 0.2) is 60.7 Å². The van der Waals surface area contributed by atoms with E-state index in [9.17, 15) is 9.18 Å². The Morgan fingerprint density at radius 1 is 1.18 bits per heavy atom. The third kappa shape index (κ3) is 5.46. The van der Waals surface area contributed by atoms with Gasteiger partial charge in [-0.1, -0.05) is 53.5 Å². The van der Waals surface area contributed by atoms with Crippen molar-refractivity contribution in [3.63, 3.8) is 0 Å². The van der Waals surface area contributed by atoms with Crippen molar-refractivity contribution in [3.05, 3.63) is 87.8 Å². The molecule has 1 unspecified atom stereocenters. The number of nitrogens with zero attached hydrogens (tertiary/aromatic N) is 2. The van der Waals surface area contributed by atoms with E-state index in [2.05, 4.69) is 15.2 Å². The number of benzene rings is 2. The number of carbonyl (C=O) groups excluding carboxylic acids is 1. The Morgan fingerprint density at radius 2 is 1.97 bits per heavy atom. The topological polar surface area (TPSA) is 54.5 Å². The first-order chi connectivity index (χ1) is 16.0. The zero-order chi connectivity index (χ0) is 23.4. The van der Waals surface area contributed by atoms with Crippen molar-refractivity contribution in [1.82, 2.24) is 9.88 Å². The molecular weight excluding hydrogens is 464 g/mol. The van der Waals surface area contributed by atoms with Gasteiger partial charge in [-0.15, -0.1) is 0 Å². The molecule has 33 heavy (non-hydrogen) atoms. The summed E-state index contributed by atoms with van der Waals surface area (Å²) in [5.41, 5.74) is 1.44. The molecule has 3 aromatic rings. The summed E-state index contributed by atoms with van der Waals surface area (Å²) >= 11 is 12.0. The molecule has 4 rings (SSSR count). The average Bonchev–Trinajstić information content (AvgIpc) is 3.19.